The predicted molar refractivity (Wildman–Crippen MR) is 117 cm³/mol. The zero-order chi connectivity index (χ0) is 22.0. The molecule has 4 rings (SSSR count). The summed E-state index contributed by atoms with van der Waals surface area (Å²) in [6.07, 6.45) is 1.37. The number of pyridine rings is 1. The zero-order valence-corrected chi connectivity index (χ0v) is 17.8. The lowest BCUT2D eigenvalue weighted by Gasteiger charge is -2.33. The Morgan fingerprint density at radius 2 is 1.65 bits per heavy atom. The Bertz CT molecular complexity index is 1130. The molecular formula is C23H22ClN3O4. The molecule has 2 aromatic heterocycles. The molecule has 0 N–H and O–H groups in total. The van der Waals surface area contributed by atoms with E-state index in [2.05, 4.69) is 0 Å². The number of ether oxygens (including phenoxy) is 1. The van der Waals surface area contributed by atoms with Crippen LogP contribution in [0.4, 0.5) is 4.79 Å². The van der Waals surface area contributed by atoms with Crippen LogP contribution in [0.1, 0.15) is 17.4 Å². The van der Waals surface area contributed by atoms with E-state index in [1.165, 1.54) is 4.90 Å². The second-order valence-electron chi connectivity index (χ2n) is 7.22. The van der Waals surface area contributed by atoms with Crippen LogP contribution in [0.25, 0.3) is 16.6 Å². The molecule has 1 aliphatic rings. The Morgan fingerprint density at radius 1 is 0.968 bits per heavy atom. The minimum Gasteiger partial charge on any atom is -0.450 e. The van der Waals surface area contributed by atoms with E-state index in [-0.39, 0.29) is 13.1 Å². The average Bonchev–Trinajstić information content (AvgIpc) is 3.18. The molecule has 1 aliphatic heterocycles. The second-order valence-corrected chi connectivity index (χ2v) is 7.65. The van der Waals surface area contributed by atoms with Gasteiger partial charge >= 0.3 is 6.09 Å². The minimum absolute atomic E-state index is 0.281. The van der Waals surface area contributed by atoms with Crippen molar-refractivity contribution >= 4 is 34.9 Å². The molecule has 3 aromatic rings. The maximum Gasteiger partial charge on any atom is 0.409 e. The van der Waals surface area contributed by atoms with Crippen LogP contribution in [0.15, 0.2) is 54.7 Å². The second kappa shape index (κ2) is 8.81. The number of rotatable bonds is 4. The summed E-state index contributed by atoms with van der Waals surface area (Å²) in [6, 6.07) is 14.6. The number of carbonyl (C=O) groups excluding carboxylic acids is 3. The van der Waals surface area contributed by atoms with Gasteiger partial charge in [-0.05, 0) is 42.8 Å². The molecule has 0 spiro atoms. The first kappa shape index (κ1) is 20.9. The SMILES string of the molecule is CCOC(=O)N1CCN(C(=O)C(=O)c2c(-c3ccc(Cl)cc3)cc3ccccn23)CC1. The molecule has 3 heterocycles. The highest BCUT2D eigenvalue weighted by Gasteiger charge is 2.32. The maximum atomic E-state index is 13.4. The summed E-state index contributed by atoms with van der Waals surface area (Å²) in [5.74, 6) is -1.16. The number of hydrogen-bond donors (Lipinski definition) is 0. The van der Waals surface area contributed by atoms with Crippen LogP contribution >= 0.6 is 11.6 Å². The van der Waals surface area contributed by atoms with E-state index in [9.17, 15) is 14.4 Å². The first-order chi connectivity index (χ1) is 15.0. The van der Waals surface area contributed by atoms with Crippen molar-refractivity contribution in [1.29, 1.82) is 0 Å². The normalized spacial score (nSPS) is 14.0. The Hall–Kier alpha value is -3.32. The Balaban J connectivity index is 1.62. The highest BCUT2D eigenvalue weighted by atomic mass is 35.5. The lowest BCUT2D eigenvalue weighted by Crippen LogP contribution is -2.52. The van der Waals surface area contributed by atoms with Gasteiger partial charge in [-0.2, -0.15) is 0 Å². The summed E-state index contributed by atoms with van der Waals surface area (Å²) < 4.78 is 6.74. The molecule has 1 aromatic carbocycles. The Morgan fingerprint density at radius 3 is 2.32 bits per heavy atom. The molecule has 0 atom stereocenters. The van der Waals surface area contributed by atoms with Gasteiger partial charge in [-0.1, -0.05) is 29.8 Å². The number of halogens is 1. The lowest BCUT2D eigenvalue weighted by molar-refractivity contribution is -0.128. The third-order valence-corrected chi connectivity index (χ3v) is 5.59. The van der Waals surface area contributed by atoms with Crippen LogP contribution in [0, 0.1) is 0 Å². The van der Waals surface area contributed by atoms with E-state index >= 15 is 0 Å². The van der Waals surface area contributed by atoms with Crippen molar-refractivity contribution in [3.05, 3.63) is 65.4 Å². The van der Waals surface area contributed by atoms with Gasteiger partial charge in [0, 0.05) is 48.5 Å². The van der Waals surface area contributed by atoms with Crippen molar-refractivity contribution in [3.63, 3.8) is 0 Å². The number of fused-ring (bicyclic) bond motifs is 1. The Kier molecular flexibility index (Phi) is 5.95. The molecule has 8 heteroatoms. The van der Waals surface area contributed by atoms with Crippen LogP contribution < -0.4 is 0 Å². The standard InChI is InChI=1S/C23H22ClN3O4/c1-2-31-23(30)26-13-11-25(12-14-26)22(29)21(28)20-19(16-6-8-17(24)9-7-16)15-18-5-3-4-10-27(18)20/h3-10,15H,2,11-14H2,1H3. The van der Waals surface area contributed by atoms with Crippen molar-refractivity contribution < 1.29 is 19.1 Å². The van der Waals surface area contributed by atoms with Crippen LogP contribution in [0.3, 0.4) is 0 Å². The number of aromatic nitrogens is 1. The smallest absolute Gasteiger partial charge is 0.409 e. The fraction of sp³-hybridized carbons (Fsp3) is 0.261. The number of Topliss-reactive ketones (excluding diaryl/α,β-unsaturated/α-hetero) is 1. The van der Waals surface area contributed by atoms with E-state index in [4.69, 9.17) is 16.3 Å². The van der Waals surface area contributed by atoms with Crippen molar-refractivity contribution in [2.75, 3.05) is 32.8 Å². The molecule has 0 radical (unpaired) electrons. The first-order valence-corrected chi connectivity index (χ1v) is 10.5. The number of ketones is 1. The van der Waals surface area contributed by atoms with Crippen molar-refractivity contribution in [2.45, 2.75) is 6.92 Å². The van der Waals surface area contributed by atoms with E-state index in [1.807, 2.05) is 36.4 Å². The molecule has 31 heavy (non-hydrogen) atoms. The number of hydrogen-bond acceptors (Lipinski definition) is 4. The molecule has 160 valence electrons. The molecule has 7 nitrogen and oxygen atoms in total. The third-order valence-electron chi connectivity index (χ3n) is 5.34. The first-order valence-electron chi connectivity index (χ1n) is 10.1. The predicted octanol–water partition coefficient (Wildman–Crippen LogP) is 3.74. The topological polar surface area (TPSA) is 71.3 Å². The van der Waals surface area contributed by atoms with Gasteiger partial charge in [-0.15, -0.1) is 0 Å². The quantitative estimate of drug-likeness (QED) is 0.458. The lowest BCUT2D eigenvalue weighted by atomic mass is 10.0. The monoisotopic (exact) mass is 439 g/mol. The molecule has 0 saturated carbocycles. The van der Waals surface area contributed by atoms with Gasteiger partial charge < -0.3 is 18.9 Å². The molecular weight excluding hydrogens is 418 g/mol. The largest absolute Gasteiger partial charge is 0.450 e. The summed E-state index contributed by atoms with van der Waals surface area (Å²) in [5.41, 5.74) is 2.61. The Labute approximate surface area is 184 Å². The molecule has 2 amide bonds. The minimum atomic E-state index is -0.583. The summed E-state index contributed by atoms with van der Waals surface area (Å²) in [7, 11) is 0. The van der Waals surface area contributed by atoms with Crippen molar-refractivity contribution in [3.8, 4) is 11.1 Å². The summed E-state index contributed by atoms with van der Waals surface area (Å²) in [6.45, 7) is 3.27. The van der Waals surface area contributed by atoms with Crippen molar-refractivity contribution in [2.24, 2.45) is 0 Å². The number of carbonyl (C=O) groups is 3. The fourth-order valence-electron chi connectivity index (χ4n) is 3.76. The van der Waals surface area contributed by atoms with Gasteiger partial charge in [0.1, 0.15) is 5.69 Å². The van der Waals surface area contributed by atoms with Gasteiger partial charge in [0.15, 0.2) is 0 Å². The highest BCUT2D eigenvalue weighted by Crippen LogP contribution is 2.29. The summed E-state index contributed by atoms with van der Waals surface area (Å²) in [5, 5.41) is 0.593. The molecule has 1 fully saturated rings. The van der Waals surface area contributed by atoms with Crippen LogP contribution in [-0.2, 0) is 9.53 Å². The van der Waals surface area contributed by atoms with E-state index < -0.39 is 17.8 Å². The molecule has 0 aliphatic carbocycles. The van der Waals surface area contributed by atoms with Gasteiger partial charge in [0.2, 0.25) is 0 Å². The van der Waals surface area contributed by atoms with E-state index in [1.54, 1.807) is 34.6 Å². The van der Waals surface area contributed by atoms with Crippen LogP contribution in [0.5, 0.6) is 0 Å². The van der Waals surface area contributed by atoms with Gasteiger partial charge in [-0.25, -0.2) is 4.79 Å². The molecule has 0 unspecified atom stereocenters. The van der Waals surface area contributed by atoms with Gasteiger partial charge in [-0.3, -0.25) is 9.59 Å². The average molecular weight is 440 g/mol. The number of benzene rings is 1. The van der Waals surface area contributed by atoms with E-state index in [0.717, 1.165) is 11.1 Å². The van der Waals surface area contributed by atoms with Gasteiger partial charge in [0.05, 0.1) is 6.61 Å². The van der Waals surface area contributed by atoms with Gasteiger partial charge in [0.25, 0.3) is 11.7 Å². The van der Waals surface area contributed by atoms with Crippen molar-refractivity contribution in [1.82, 2.24) is 14.2 Å². The zero-order valence-electron chi connectivity index (χ0n) is 17.1. The van der Waals surface area contributed by atoms with Crippen LogP contribution in [-0.4, -0.2) is 64.8 Å². The third kappa shape index (κ3) is 4.14. The van der Waals surface area contributed by atoms with Crippen LogP contribution in [0.2, 0.25) is 5.02 Å². The summed E-state index contributed by atoms with van der Waals surface area (Å²) >= 11 is 6.02. The molecule has 0 bridgehead atoms. The molecule has 1 saturated heterocycles. The maximum absolute atomic E-state index is 13.4. The number of amides is 2. The highest BCUT2D eigenvalue weighted by molar-refractivity contribution is 6.43. The number of nitrogens with zero attached hydrogens (tertiary/aromatic N) is 3. The summed E-state index contributed by atoms with van der Waals surface area (Å²) in [4.78, 5) is 41.4. The fourth-order valence-corrected chi connectivity index (χ4v) is 3.88. The van der Waals surface area contributed by atoms with E-state index in [0.29, 0.717) is 36.0 Å². The number of piperazine rings is 1.